The number of hydrogen-bond donors (Lipinski definition) is 0. The van der Waals surface area contributed by atoms with Gasteiger partial charge < -0.3 is 0 Å². The molecule has 0 aliphatic heterocycles. The average Bonchev–Trinajstić information content (AvgIpc) is 2.58. The van der Waals surface area contributed by atoms with Crippen LogP contribution in [0.15, 0.2) is 36.4 Å². The van der Waals surface area contributed by atoms with Crippen molar-refractivity contribution in [3.63, 3.8) is 0 Å². The van der Waals surface area contributed by atoms with Gasteiger partial charge in [-0.05, 0) is 17.2 Å². The van der Waals surface area contributed by atoms with Crippen LogP contribution in [0.25, 0.3) is 6.08 Å². The van der Waals surface area contributed by atoms with Gasteiger partial charge in [-0.25, -0.2) is 0 Å². The Morgan fingerprint density at radius 2 is 2.46 bits per heavy atom. The van der Waals surface area contributed by atoms with Gasteiger partial charge in [0.05, 0.1) is 0 Å². The van der Waals surface area contributed by atoms with Crippen molar-refractivity contribution in [1.29, 1.82) is 0 Å². The molecule has 1 unspecified atom stereocenters. The molecule has 0 bridgehead atoms. The monoisotopic (exact) mass is 233 g/mol. The summed E-state index contributed by atoms with van der Waals surface area (Å²) in [7, 11) is 0. The summed E-state index contributed by atoms with van der Waals surface area (Å²) in [5.74, 6) is 0.425. The first-order chi connectivity index (χ1) is 6.42. The number of halogens is 1. The molecule has 0 N–H and O–H groups in total. The predicted molar refractivity (Wildman–Crippen MR) is 60.0 cm³/mol. The lowest BCUT2D eigenvalue weighted by atomic mass is 10.0. The minimum absolute atomic E-state index is 0.425. The molecular formula is C12H10Br. The van der Waals surface area contributed by atoms with Gasteiger partial charge in [-0.2, -0.15) is 0 Å². The first-order valence-corrected chi connectivity index (χ1v) is 5.45. The standard InChI is InChI=1S/C12H10Br/c13-9-3-5-11-8-7-10-4-1-2-6-12(10)11/h1-5,7-8,11H,9H2/b5-3+. The molecule has 0 amide bonds. The second kappa shape index (κ2) is 3.93. The van der Waals surface area contributed by atoms with E-state index in [0.717, 1.165) is 5.33 Å². The van der Waals surface area contributed by atoms with Gasteiger partial charge in [0.2, 0.25) is 0 Å². The van der Waals surface area contributed by atoms with Crippen LogP contribution in [0.2, 0.25) is 0 Å². The highest BCUT2D eigenvalue weighted by molar-refractivity contribution is 9.09. The van der Waals surface area contributed by atoms with Gasteiger partial charge in [-0.3, -0.25) is 0 Å². The molecule has 0 spiro atoms. The molecule has 65 valence electrons. The summed E-state index contributed by atoms with van der Waals surface area (Å²) in [6.07, 6.45) is 8.70. The van der Waals surface area contributed by atoms with E-state index in [4.69, 9.17) is 0 Å². The maximum atomic E-state index is 3.38. The van der Waals surface area contributed by atoms with Crippen molar-refractivity contribution in [2.24, 2.45) is 0 Å². The first kappa shape index (κ1) is 8.76. The Morgan fingerprint density at radius 3 is 3.31 bits per heavy atom. The summed E-state index contributed by atoms with van der Waals surface area (Å²) in [4.78, 5) is 0. The van der Waals surface area contributed by atoms with Crippen molar-refractivity contribution >= 4 is 22.0 Å². The number of fused-ring (bicyclic) bond motifs is 1. The van der Waals surface area contributed by atoms with Crippen LogP contribution in [0.3, 0.4) is 0 Å². The van der Waals surface area contributed by atoms with Gasteiger partial charge in [0.1, 0.15) is 0 Å². The minimum Gasteiger partial charge on any atom is -0.0883 e. The van der Waals surface area contributed by atoms with E-state index in [1.54, 1.807) is 0 Å². The third-order valence-electron chi connectivity index (χ3n) is 2.17. The number of hydrogen-bond acceptors (Lipinski definition) is 0. The molecule has 0 nitrogen and oxygen atoms in total. The zero-order valence-corrected chi connectivity index (χ0v) is 8.79. The van der Waals surface area contributed by atoms with Crippen LogP contribution in [0.1, 0.15) is 17.0 Å². The molecule has 1 aromatic carbocycles. The van der Waals surface area contributed by atoms with Crippen LogP contribution in [-0.4, -0.2) is 5.33 Å². The Balaban J connectivity index is 2.28. The fraction of sp³-hybridized carbons (Fsp3) is 0.167. The van der Waals surface area contributed by atoms with Gasteiger partial charge in [-0.1, -0.05) is 58.4 Å². The van der Waals surface area contributed by atoms with Crippen molar-refractivity contribution in [2.75, 3.05) is 5.33 Å². The predicted octanol–water partition coefficient (Wildman–Crippen LogP) is 3.55. The van der Waals surface area contributed by atoms with Crippen LogP contribution in [-0.2, 0) is 0 Å². The van der Waals surface area contributed by atoms with Gasteiger partial charge in [0.15, 0.2) is 0 Å². The molecular weight excluding hydrogens is 224 g/mol. The molecule has 0 saturated heterocycles. The molecule has 0 fully saturated rings. The summed E-state index contributed by atoms with van der Waals surface area (Å²) in [5, 5.41) is 0.916. The number of rotatable bonds is 2. The normalized spacial score (nSPS) is 19.6. The Labute approximate surface area is 87.1 Å². The summed E-state index contributed by atoms with van der Waals surface area (Å²) in [5.41, 5.74) is 2.59. The van der Waals surface area contributed by atoms with Crippen LogP contribution in [0, 0.1) is 6.07 Å². The van der Waals surface area contributed by atoms with Gasteiger partial charge in [0.25, 0.3) is 0 Å². The van der Waals surface area contributed by atoms with E-state index in [0.29, 0.717) is 5.92 Å². The van der Waals surface area contributed by atoms with E-state index in [2.05, 4.69) is 52.4 Å². The molecule has 1 radical (unpaired) electrons. The van der Waals surface area contributed by atoms with Crippen molar-refractivity contribution in [3.05, 3.63) is 53.6 Å². The number of allylic oxidation sites excluding steroid dienone is 3. The lowest BCUT2D eigenvalue weighted by molar-refractivity contribution is 1.10. The lowest BCUT2D eigenvalue weighted by Gasteiger charge is -2.03. The van der Waals surface area contributed by atoms with Crippen molar-refractivity contribution in [3.8, 4) is 0 Å². The third kappa shape index (κ3) is 1.75. The fourth-order valence-electron chi connectivity index (χ4n) is 1.56. The second-order valence-electron chi connectivity index (χ2n) is 3.01. The summed E-state index contributed by atoms with van der Waals surface area (Å²) < 4.78 is 0. The maximum Gasteiger partial charge on any atom is 0.0214 e. The Morgan fingerprint density at radius 1 is 1.54 bits per heavy atom. The van der Waals surface area contributed by atoms with E-state index in [1.165, 1.54) is 11.1 Å². The van der Waals surface area contributed by atoms with Crippen molar-refractivity contribution in [1.82, 2.24) is 0 Å². The Kier molecular flexibility index (Phi) is 2.65. The molecule has 0 heterocycles. The van der Waals surface area contributed by atoms with Crippen LogP contribution < -0.4 is 0 Å². The van der Waals surface area contributed by atoms with E-state index in [9.17, 15) is 0 Å². The molecule has 1 aromatic rings. The van der Waals surface area contributed by atoms with E-state index in [-0.39, 0.29) is 0 Å². The zero-order valence-electron chi connectivity index (χ0n) is 7.20. The van der Waals surface area contributed by atoms with Crippen LogP contribution in [0.4, 0.5) is 0 Å². The number of benzene rings is 1. The molecule has 0 saturated carbocycles. The topological polar surface area (TPSA) is 0 Å². The highest BCUT2D eigenvalue weighted by atomic mass is 79.9. The van der Waals surface area contributed by atoms with E-state index >= 15 is 0 Å². The van der Waals surface area contributed by atoms with Crippen molar-refractivity contribution < 1.29 is 0 Å². The first-order valence-electron chi connectivity index (χ1n) is 4.33. The van der Waals surface area contributed by atoms with Crippen LogP contribution in [0.5, 0.6) is 0 Å². The van der Waals surface area contributed by atoms with Gasteiger partial charge >= 0.3 is 0 Å². The summed E-state index contributed by atoms with van der Waals surface area (Å²) in [6.45, 7) is 0. The molecule has 1 aliphatic rings. The quantitative estimate of drug-likeness (QED) is 0.542. The largest absolute Gasteiger partial charge is 0.0883 e. The molecule has 13 heavy (non-hydrogen) atoms. The summed E-state index contributed by atoms with van der Waals surface area (Å²) >= 11 is 3.38. The van der Waals surface area contributed by atoms with Crippen molar-refractivity contribution in [2.45, 2.75) is 5.92 Å². The molecule has 1 atom stereocenters. The lowest BCUT2D eigenvalue weighted by Crippen LogP contribution is -1.88. The zero-order chi connectivity index (χ0) is 9.10. The average molecular weight is 234 g/mol. The van der Waals surface area contributed by atoms with Crippen LogP contribution >= 0.6 is 15.9 Å². The molecule has 0 aromatic heterocycles. The minimum atomic E-state index is 0.425. The second-order valence-corrected chi connectivity index (χ2v) is 3.65. The fourth-order valence-corrected chi connectivity index (χ4v) is 1.77. The maximum absolute atomic E-state index is 3.38. The van der Waals surface area contributed by atoms with E-state index in [1.807, 2.05) is 12.1 Å². The Hall–Kier alpha value is -0.820. The highest BCUT2D eigenvalue weighted by Gasteiger charge is 2.12. The molecule has 1 aliphatic carbocycles. The highest BCUT2D eigenvalue weighted by Crippen LogP contribution is 2.30. The summed E-state index contributed by atoms with van der Waals surface area (Å²) in [6, 6.07) is 9.41. The smallest absolute Gasteiger partial charge is 0.0214 e. The third-order valence-corrected chi connectivity index (χ3v) is 2.54. The van der Waals surface area contributed by atoms with E-state index < -0.39 is 0 Å². The number of alkyl halides is 1. The Bertz CT molecular complexity index is 350. The van der Waals surface area contributed by atoms with Gasteiger partial charge in [-0.15, -0.1) is 0 Å². The molecule has 2 rings (SSSR count). The SMILES string of the molecule is BrC/C=C/C1C=Cc2ccc[c]c21. The van der Waals surface area contributed by atoms with Gasteiger partial charge in [0, 0.05) is 11.2 Å². The molecule has 1 heteroatoms.